The summed E-state index contributed by atoms with van der Waals surface area (Å²) >= 11 is 1.50. The molecule has 2 rings (SSSR count). The number of thiophene rings is 1. The van der Waals surface area contributed by atoms with E-state index in [2.05, 4.69) is 10.0 Å². The molecule has 0 saturated carbocycles. The van der Waals surface area contributed by atoms with E-state index in [9.17, 15) is 8.42 Å². The molecule has 1 aromatic heterocycles. The van der Waals surface area contributed by atoms with Crippen LogP contribution in [0.25, 0.3) is 0 Å². The van der Waals surface area contributed by atoms with Crippen molar-refractivity contribution in [2.75, 3.05) is 26.3 Å². The first kappa shape index (κ1) is 14.0. The molecular formula is C11H18N2O3S2. The van der Waals surface area contributed by atoms with Crippen LogP contribution in [0.1, 0.15) is 9.75 Å². The number of ether oxygens (including phenoxy) is 1. The van der Waals surface area contributed by atoms with Gasteiger partial charge in [-0.25, -0.2) is 13.1 Å². The maximum Gasteiger partial charge on any atom is 0.241 e. The van der Waals surface area contributed by atoms with E-state index >= 15 is 0 Å². The Morgan fingerprint density at radius 1 is 1.56 bits per heavy atom. The lowest BCUT2D eigenvalue weighted by atomic mass is 10.3. The minimum atomic E-state index is -3.40. The summed E-state index contributed by atoms with van der Waals surface area (Å²) in [5.74, 6) is 0. The molecule has 1 atom stereocenters. The van der Waals surface area contributed by atoms with Gasteiger partial charge in [0.15, 0.2) is 0 Å². The molecule has 0 spiro atoms. The van der Waals surface area contributed by atoms with Crippen molar-refractivity contribution in [3.8, 4) is 0 Å². The van der Waals surface area contributed by atoms with Gasteiger partial charge in [-0.15, -0.1) is 11.3 Å². The first-order chi connectivity index (χ1) is 8.49. The normalized spacial score (nSPS) is 21.1. The fourth-order valence-electron chi connectivity index (χ4n) is 1.91. The Hall–Kier alpha value is -0.470. The molecule has 7 heteroatoms. The molecule has 1 fully saturated rings. The average Bonchev–Trinajstić information content (AvgIpc) is 2.68. The molecule has 1 unspecified atom stereocenters. The van der Waals surface area contributed by atoms with Gasteiger partial charge in [0.25, 0.3) is 0 Å². The van der Waals surface area contributed by atoms with Crippen molar-refractivity contribution in [1.29, 1.82) is 0 Å². The predicted octanol–water partition coefficient (Wildman–Crippen LogP) is 0.632. The van der Waals surface area contributed by atoms with E-state index in [0.29, 0.717) is 24.7 Å². The Morgan fingerprint density at radius 2 is 2.33 bits per heavy atom. The van der Waals surface area contributed by atoms with Crippen LogP contribution >= 0.6 is 11.3 Å². The van der Waals surface area contributed by atoms with E-state index in [1.807, 2.05) is 13.8 Å². The van der Waals surface area contributed by atoms with Crippen LogP contribution in [0.5, 0.6) is 0 Å². The summed E-state index contributed by atoms with van der Waals surface area (Å²) in [7, 11) is -3.40. The van der Waals surface area contributed by atoms with Gasteiger partial charge in [-0.3, -0.25) is 0 Å². The first-order valence-electron chi connectivity index (χ1n) is 5.87. The smallest absolute Gasteiger partial charge is 0.241 e. The molecule has 1 aliphatic rings. The summed E-state index contributed by atoms with van der Waals surface area (Å²) in [6, 6.07) is 1.77. The van der Waals surface area contributed by atoms with Crippen molar-refractivity contribution in [3.63, 3.8) is 0 Å². The third kappa shape index (κ3) is 3.30. The van der Waals surface area contributed by atoms with Gasteiger partial charge in [-0.2, -0.15) is 0 Å². The number of rotatable bonds is 4. The third-order valence-corrected chi connectivity index (χ3v) is 5.45. The molecule has 0 aliphatic carbocycles. The number of aryl methyl sites for hydroxylation is 2. The van der Waals surface area contributed by atoms with Gasteiger partial charge in [0.05, 0.1) is 18.1 Å². The predicted molar refractivity (Wildman–Crippen MR) is 71.6 cm³/mol. The van der Waals surface area contributed by atoms with Crippen LogP contribution in [-0.2, 0) is 14.8 Å². The minimum Gasteiger partial charge on any atom is -0.378 e. The lowest BCUT2D eigenvalue weighted by Crippen LogP contribution is -2.48. The highest BCUT2D eigenvalue weighted by Crippen LogP contribution is 2.24. The lowest BCUT2D eigenvalue weighted by molar-refractivity contribution is 0.0784. The standard InChI is InChI=1S/C11H18N2O3S2/c1-8-5-11(9(2)17-8)18(14,15)13-6-10-7-16-4-3-12-10/h5,10,12-13H,3-4,6-7H2,1-2H3. The monoisotopic (exact) mass is 290 g/mol. The fourth-order valence-corrected chi connectivity index (χ4v) is 4.55. The largest absolute Gasteiger partial charge is 0.378 e. The minimum absolute atomic E-state index is 0.0496. The summed E-state index contributed by atoms with van der Waals surface area (Å²) in [4.78, 5) is 2.22. The molecule has 0 radical (unpaired) electrons. The van der Waals surface area contributed by atoms with Gasteiger partial charge in [0.2, 0.25) is 10.0 Å². The topological polar surface area (TPSA) is 67.4 Å². The van der Waals surface area contributed by atoms with Crippen LogP contribution in [0, 0.1) is 13.8 Å². The Morgan fingerprint density at radius 3 is 2.89 bits per heavy atom. The number of sulfonamides is 1. The van der Waals surface area contributed by atoms with E-state index in [0.717, 1.165) is 16.3 Å². The van der Waals surface area contributed by atoms with Crippen molar-refractivity contribution in [2.24, 2.45) is 0 Å². The fraction of sp³-hybridized carbons (Fsp3) is 0.636. The van der Waals surface area contributed by atoms with Crippen LogP contribution in [-0.4, -0.2) is 40.8 Å². The molecule has 18 heavy (non-hydrogen) atoms. The molecular weight excluding hydrogens is 272 g/mol. The zero-order valence-electron chi connectivity index (χ0n) is 10.5. The van der Waals surface area contributed by atoms with E-state index in [1.54, 1.807) is 6.07 Å². The second kappa shape index (κ2) is 5.66. The Labute approximate surface area is 112 Å². The SMILES string of the molecule is Cc1cc(S(=O)(=O)NCC2COCCN2)c(C)s1. The van der Waals surface area contributed by atoms with E-state index < -0.39 is 10.0 Å². The van der Waals surface area contributed by atoms with Gasteiger partial charge < -0.3 is 10.1 Å². The zero-order valence-corrected chi connectivity index (χ0v) is 12.2. The molecule has 5 nitrogen and oxygen atoms in total. The molecule has 0 bridgehead atoms. The molecule has 1 aromatic rings. The third-order valence-electron chi connectivity index (χ3n) is 2.80. The molecule has 2 N–H and O–H groups in total. The number of nitrogens with one attached hydrogen (secondary N) is 2. The molecule has 1 saturated heterocycles. The molecule has 0 amide bonds. The Balaban J connectivity index is 2.01. The van der Waals surface area contributed by atoms with Crippen LogP contribution in [0.3, 0.4) is 0 Å². The van der Waals surface area contributed by atoms with Crippen LogP contribution in [0.2, 0.25) is 0 Å². The lowest BCUT2D eigenvalue weighted by Gasteiger charge is -2.23. The molecule has 1 aliphatic heterocycles. The van der Waals surface area contributed by atoms with Crippen molar-refractivity contribution in [2.45, 2.75) is 24.8 Å². The second-order valence-corrected chi connectivity index (χ2v) is 7.55. The average molecular weight is 290 g/mol. The maximum absolute atomic E-state index is 12.1. The Bertz CT molecular complexity index is 504. The molecule has 2 heterocycles. The van der Waals surface area contributed by atoms with Crippen molar-refractivity contribution in [3.05, 3.63) is 15.8 Å². The maximum atomic E-state index is 12.1. The number of hydrogen-bond acceptors (Lipinski definition) is 5. The second-order valence-electron chi connectivity index (χ2n) is 4.36. The van der Waals surface area contributed by atoms with Gasteiger partial charge in [-0.1, -0.05) is 0 Å². The molecule has 102 valence electrons. The van der Waals surface area contributed by atoms with E-state index in [1.165, 1.54) is 11.3 Å². The van der Waals surface area contributed by atoms with Gasteiger partial charge in [-0.05, 0) is 19.9 Å². The van der Waals surface area contributed by atoms with E-state index in [-0.39, 0.29) is 6.04 Å². The van der Waals surface area contributed by atoms with Crippen LogP contribution in [0.4, 0.5) is 0 Å². The van der Waals surface area contributed by atoms with Gasteiger partial charge in [0, 0.05) is 28.9 Å². The highest BCUT2D eigenvalue weighted by atomic mass is 32.2. The summed E-state index contributed by atoms with van der Waals surface area (Å²) in [6.07, 6.45) is 0. The van der Waals surface area contributed by atoms with Gasteiger partial charge >= 0.3 is 0 Å². The summed E-state index contributed by atoms with van der Waals surface area (Å²) < 4.78 is 32.2. The quantitative estimate of drug-likeness (QED) is 0.853. The molecule has 0 aromatic carbocycles. The van der Waals surface area contributed by atoms with Gasteiger partial charge in [0.1, 0.15) is 0 Å². The van der Waals surface area contributed by atoms with Crippen molar-refractivity contribution >= 4 is 21.4 Å². The number of morpholine rings is 1. The van der Waals surface area contributed by atoms with Crippen LogP contribution in [0.15, 0.2) is 11.0 Å². The highest BCUT2D eigenvalue weighted by Gasteiger charge is 2.21. The zero-order chi connectivity index (χ0) is 13.2. The summed E-state index contributed by atoms with van der Waals surface area (Å²) in [5.41, 5.74) is 0. The summed E-state index contributed by atoms with van der Waals surface area (Å²) in [5, 5.41) is 3.21. The number of hydrogen-bond donors (Lipinski definition) is 2. The van der Waals surface area contributed by atoms with E-state index in [4.69, 9.17) is 4.74 Å². The van der Waals surface area contributed by atoms with Crippen molar-refractivity contribution in [1.82, 2.24) is 10.0 Å². The van der Waals surface area contributed by atoms with Crippen molar-refractivity contribution < 1.29 is 13.2 Å². The summed E-state index contributed by atoms with van der Waals surface area (Å²) in [6.45, 7) is 6.09. The van der Waals surface area contributed by atoms with Crippen LogP contribution < -0.4 is 10.0 Å². The highest BCUT2D eigenvalue weighted by molar-refractivity contribution is 7.89. The Kier molecular flexibility index (Phi) is 4.39. The first-order valence-corrected chi connectivity index (χ1v) is 8.17.